The number of hydrogen-bond donors (Lipinski definition) is 1. The first-order valence-electron chi connectivity index (χ1n) is 5.56. The third-order valence-corrected chi connectivity index (χ3v) is 3.44. The van der Waals surface area contributed by atoms with Crippen molar-refractivity contribution in [2.75, 3.05) is 11.9 Å². The van der Waals surface area contributed by atoms with Crippen LogP contribution in [0.5, 0.6) is 5.75 Å². The van der Waals surface area contributed by atoms with E-state index >= 15 is 0 Å². The summed E-state index contributed by atoms with van der Waals surface area (Å²) < 4.78 is 32.7. The largest absolute Gasteiger partial charge is 0.491 e. The second kappa shape index (κ2) is 6.16. The maximum absolute atomic E-state index is 13.7. The van der Waals surface area contributed by atoms with Gasteiger partial charge < -0.3 is 10.1 Å². The summed E-state index contributed by atoms with van der Waals surface area (Å²) in [6.07, 6.45) is 1.59. The molecular weight excluding hydrogens is 294 g/mol. The van der Waals surface area contributed by atoms with E-state index in [0.29, 0.717) is 11.0 Å². The zero-order valence-corrected chi connectivity index (χ0v) is 11.6. The van der Waals surface area contributed by atoms with Crippen molar-refractivity contribution in [2.45, 2.75) is 13.5 Å². The summed E-state index contributed by atoms with van der Waals surface area (Å²) in [4.78, 5) is 4.70. The molecule has 0 aliphatic heterocycles. The molecule has 0 radical (unpaired) electrons. The van der Waals surface area contributed by atoms with Gasteiger partial charge in [-0.1, -0.05) is 11.6 Å². The Balaban J connectivity index is 2.10. The van der Waals surface area contributed by atoms with Crippen LogP contribution in [-0.2, 0) is 6.54 Å². The fourth-order valence-electron chi connectivity index (χ4n) is 1.48. The minimum Gasteiger partial charge on any atom is -0.491 e. The molecule has 0 saturated heterocycles. The van der Waals surface area contributed by atoms with Crippen molar-refractivity contribution < 1.29 is 13.5 Å². The summed E-state index contributed by atoms with van der Waals surface area (Å²) in [6, 6.07) is 2.83. The minimum absolute atomic E-state index is 0.0745. The van der Waals surface area contributed by atoms with Gasteiger partial charge in [-0.2, -0.15) is 4.39 Å². The fraction of sp³-hybridized carbons (Fsp3) is 0.250. The molecule has 0 saturated carbocycles. The van der Waals surface area contributed by atoms with Crippen molar-refractivity contribution >= 4 is 28.6 Å². The Morgan fingerprint density at radius 1 is 1.37 bits per heavy atom. The summed E-state index contributed by atoms with van der Waals surface area (Å²) in [7, 11) is 0. The molecule has 0 atom stereocenters. The molecule has 2 rings (SSSR count). The highest BCUT2D eigenvalue weighted by Crippen LogP contribution is 2.27. The zero-order chi connectivity index (χ0) is 13.8. The Morgan fingerprint density at radius 2 is 2.16 bits per heavy atom. The minimum atomic E-state index is -0.991. The zero-order valence-electron chi connectivity index (χ0n) is 10.0. The second-order valence-electron chi connectivity index (χ2n) is 3.61. The second-order valence-corrected chi connectivity index (χ2v) is 5.30. The van der Waals surface area contributed by atoms with Crippen molar-refractivity contribution in [3.05, 3.63) is 39.3 Å². The van der Waals surface area contributed by atoms with E-state index in [2.05, 4.69) is 10.3 Å². The van der Waals surface area contributed by atoms with Gasteiger partial charge >= 0.3 is 0 Å². The molecule has 7 heteroatoms. The Morgan fingerprint density at radius 3 is 2.79 bits per heavy atom. The van der Waals surface area contributed by atoms with Gasteiger partial charge in [-0.15, -0.1) is 11.3 Å². The van der Waals surface area contributed by atoms with Gasteiger partial charge in [0, 0.05) is 11.1 Å². The molecule has 2 aromatic rings. The molecule has 19 heavy (non-hydrogen) atoms. The summed E-state index contributed by atoms with van der Waals surface area (Å²) in [5.41, 5.74) is 0.0745. The molecule has 0 fully saturated rings. The SMILES string of the molecule is CCOc1ccc(NCc2cnc(Cl)s2)c(F)c1F. The lowest BCUT2D eigenvalue weighted by molar-refractivity contribution is 0.314. The first-order valence-corrected chi connectivity index (χ1v) is 6.76. The number of ether oxygens (including phenoxy) is 1. The molecule has 0 bridgehead atoms. The van der Waals surface area contributed by atoms with Crippen molar-refractivity contribution in [2.24, 2.45) is 0 Å². The fourth-order valence-corrected chi connectivity index (χ4v) is 2.40. The lowest BCUT2D eigenvalue weighted by atomic mass is 10.2. The lowest BCUT2D eigenvalue weighted by Crippen LogP contribution is -2.03. The van der Waals surface area contributed by atoms with Crippen molar-refractivity contribution in [1.29, 1.82) is 0 Å². The quantitative estimate of drug-likeness (QED) is 0.903. The van der Waals surface area contributed by atoms with E-state index in [-0.39, 0.29) is 18.0 Å². The van der Waals surface area contributed by atoms with E-state index in [1.165, 1.54) is 23.5 Å². The highest BCUT2D eigenvalue weighted by Gasteiger charge is 2.14. The highest BCUT2D eigenvalue weighted by molar-refractivity contribution is 7.15. The number of benzene rings is 1. The van der Waals surface area contributed by atoms with Crippen LogP contribution in [0, 0.1) is 11.6 Å². The third kappa shape index (κ3) is 3.33. The van der Waals surface area contributed by atoms with Crippen LogP contribution in [0.15, 0.2) is 18.3 Å². The van der Waals surface area contributed by atoms with Gasteiger partial charge in [0.25, 0.3) is 0 Å². The number of nitrogens with zero attached hydrogens (tertiary/aromatic N) is 1. The average Bonchev–Trinajstić information content (AvgIpc) is 2.80. The van der Waals surface area contributed by atoms with Crippen molar-refractivity contribution in [3.63, 3.8) is 0 Å². The van der Waals surface area contributed by atoms with E-state index in [1.807, 2.05) is 0 Å². The van der Waals surface area contributed by atoms with Crippen LogP contribution >= 0.6 is 22.9 Å². The Bertz CT molecular complexity index is 577. The topological polar surface area (TPSA) is 34.1 Å². The maximum Gasteiger partial charge on any atom is 0.202 e. The molecule has 1 heterocycles. The highest BCUT2D eigenvalue weighted by atomic mass is 35.5. The Kier molecular flexibility index (Phi) is 4.55. The van der Waals surface area contributed by atoms with Crippen LogP contribution < -0.4 is 10.1 Å². The molecule has 1 aromatic carbocycles. The normalized spacial score (nSPS) is 10.5. The van der Waals surface area contributed by atoms with Crippen LogP contribution in [0.3, 0.4) is 0 Å². The predicted octanol–water partition coefficient (Wildman–Crippen LogP) is 4.09. The maximum atomic E-state index is 13.7. The Hall–Kier alpha value is -1.40. The number of nitrogens with one attached hydrogen (secondary N) is 1. The number of anilines is 1. The van der Waals surface area contributed by atoms with Crippen molar-refractivity contribution in [3.8, 4) is 5.75 Å². The number of halogens is 3. The molecule has 0 unspecified atom stereocenters. The first-order chi connectivity index (χ1) is 9.11. The Labute approximate surface area is 118 Å². The lowest BCUT2D eigenvalue weighted by Gasteiger charge is -2.10. The summed E-state index contributed by atoms with van der Waals surface area (Å²) >= 11 is 6.96. The van der Waals surface area contributed by atoms with Gasteiger partial charge in [0.1, 0.15) is 0 Å². The molecule has 0 spiro atoms. The monoisotopic (exact) mass is 304 g/mol. The van der Waals surface area contributed by atoms with Crippen LogP contribution in [0.2, 0.25) is 4.47 Å². The van der Waals surface area contributed by atoms with Crippen LogP contribution in [0.4, 0.5) is 14.5 Å². The van der Waals surface area contributed by atoms with E-state index in [0.717, 1.165) is 4.88 Å². The molecule has 102 valence electrons. The summed E-state index contributed by atoms with van der Waals surface area (Å²) in [5.74, 6) is -2.04. The van der Waals surface area contributed by atoms with Gasteiger partial charge in [0.2, 0.25) is 5.82 Å². The molecule has 1 aromatic heterocycles. The van der Waals surface area contributed by atoms with E-state index in [4.69, 9.17) is 16.3 Å². The third-order valence-electron chi connectivity index (χ3n) is 2.33. The van der Waals surface area contributed by atoms with Gasteiger partial charge in [0.15, 0.2) is 16.0 Å². The molecule has 0 aliphatic carbocycles. The molecule has 1 N–H and O–H groups in total. The van der Waals surface area contributed by atoms with Crippen LogP contribution in [0.1, 0.15) is 11.8 Å². The number of aromatic nitrogens is 1. The van der Waals surface area contributed by atoms with E-state index < -0.39 is 11.6 Å². The van der Waals surface area contributed by atoms with Gasteiger partial charge in [0.05, 0.1) is 18.8 Å². The molecule has 0 aliphatic rings. The summed E-state index contributed by atoms with van der Waals surface area (Å²) in [5, 5.41) is 2.79. The number of thiazole rings is 1. The van der Waals surface area contributed by atoms with Gasteiger partial charge in [-0.25, -0.2) is 9.37 Å². The van der Waals surface area contributed by atoms with Gasteiger partial charge in [-0.3, -0.25) is 0 Å². The molecule has 0 amide bonds. The smallest absolute Gasteiger partial charge is 0.202 e. The average molecular weight is 305 g/mol. The molecule has 3 nitrogen and oxygen atoms in total. The van der Waals surface area contributed by atoms with Crippen LogP contribution in [-0.4, -0.2) is 11.6 Å². The summed E-state index contributed by atoms with van der Waals surface area (Å²) in [6.45, 7) is 2.31. The number of rotatable bonds is 5. The predicted molar refractivity (Wildman–Crippen MR) is 72.0 cm³/mol. The van der Waals surface area contributed by atoms with Crippen molar-refractivity contribution in [1.82, 2.24) is 4.98 Å². The van der Waals surface area contributed by atoms with E-state index in [9.17, 15) is 8.78 Å². The molecular formula is C12H11ClF2N2OS. The first kappa shape index (κ1) is 14.0. The standard InChI is InChI=1S/C12H11ClF2N2OS/c1-2-18-9-4-3-8(10(14)11(9)15)16-5-7-6-17-12(13)19-7/h3-4,6,16H,2,5H2,1H3. The van der Waals surface area contributed by atoms with E-state index in [1.54, 1.807) is 13.1 Å². The number of hydrogen-bond acceptors (Lipinski definition) is 4. The van der Waals surface area contributed by atoms with Gasteiger partial charge in [-0.05, 0) is 19.1 Å². The van der Waals surface area contributed by atoms with Crippen LogP contribution in [0.25, 0.3) is 0 Å².